The first-order chi connectivity index (χ1) is 7.48. The highest BCUT2D eigenvalue weighted by Crippen LogP contribution is 2.26. The molecule has 1 aromatic heterocycles. The van der Waals surface area contributed by atoms with E-state index in [9.17, 15) is 18.0 Å². The summed E-state index contributed by atoms with van der Waals surface area (Å²) in [5, 5.41) is 3.72. The maximum Gasteiger partial charge on any atom is 0.431 e. The van der Waals surface area contributed by atoms with Crippen LogP contribution in [0.3, 0.4) is 0 Å². The maximum atomic E-state index is 12.3. The minimum absolute atomic E-state index is 0.160. The maximum absolute atomic E-state index is 12.3. The molecular formula is C8H5F3N4O. The highest BCUT2D eigenvalue weighted by atomic mass is 19.4. The summed E-state index contributed by atoms with van der Waals surface area (Å²) in [5.74, 6) is -0.953. The van der Waals surface area contributed by atoms with Crippen LogP contribution in [0.4, 0.5) is 19.1 Å². The van der Waals surface area contributed by atoms with Gasteiger partial charge in [0, 0.05) is 12.4 Å². The van der Waals surface area contributed by atoms with Crippen LogP contribution >= 0.6 is 0 Å². The number of hydrazone groups is 1. The van der Waals surface area contributed by atoms with E-state index in [1.54, 1.807) is 0 Å². The molecule has 0 fully saturated rings. The predicted molar refractivity (Wildman–Crippen MR) is 47.6 cm³/mol. The van der Waals surface area contributed by atoms with Crippen LogP contribution in [0, 0.1) is 0 Å². The van der Waals surface area contributed by atoms with E-state index >= 15 is 0 Å². The third-order valence-electron chi connectivity index (χ3n) is 1.84. The fraction of sp³-hybridized carbons (Fsp3) is 0.250. The van der Waals surface area contributed by atoms with Crippen LogP contribution in [0.15, 0.2) is 23.6 Å². The zero-order chi connectivity index (χ0) is 11.8. The second-order valence-corrected chi connectivity index (χ2v) is 2.98. The van der Waals surface area contributed by atoms with Crippen molar-refractivity contribution in [2.24, 2.45) is 5.10 Å². The van der Waals surface area contributed by atoms with Gasteiger partial charge in [-0.3, -0.25) is 4.79 Å². The number of aromatic nitrogens is 2. The van der Waals surface area contributed by atoms with Crippen LogP contribution in [0.1, 0.15) is 6.42 Å². The van der Waals surface area contributed by atoms with E-state index in [0.29, 0.717) is 5.01 Å². The number of anilines is 1. The number of nitrogens with zero attached hydrogens (tertiary/aromatic N) is 4. The second-order valence-electron chi connectivity index (χ2n) is 2.98. The molecule has 1 aliphatic heterocycles. The molecule has 0 bridgehead atoms. The molecule has 2 rings (SSSR count). The van der Waals surface area contributed by atoms with E-state index in [1.807, 2.05) is 0 Å². The first kappa shape index (κ1) is 10.5. The van der Waals surface area contributed by atoms with E-state index in [4.69, 9.17) is 0 Å². The SMILES string of the molecule is O=C1CC(C(F)(F)F)=NN1c1ncccn1. The molecule has 2 heterocycles. The van der Waals surface area contributed by atoms with Gasteiger partial charge < -0.3 is 0 Å². The molecule has 0 atom stereocenters. The number of hydrogen-bond donors (Lipinski definition) is 0. The van der Waals surface area contributed by atoms with E-state index < -0.39 is 24.2 Å². The Balaban J connectivity index is 2.31. The van der Waals surface area contributed by atoms with Gasteiger partial charge in [-0.05, 0) is 6.07 Å². The lowest BCUT2D eigenvalue weighted by Crippen LogP contribution is -2.22. The Bertz CT molecular complexity index is 442. The Morgan fingerprint density at radius 2 is 1.88 bits per heavy atom. The van der Waals surface area contributed by atoms with Crippen LogP contribution in [-0.4, -0.2) is 27.8 Å². The Hall–Kier alpha value is -1.99. The van der Waals surface area contributed by atoms with Gasteiger partial charge in [0.2, 0.25) is 0 Å². The van der Waals surface area contributed by atoms with Crippen LogP contribution in [-0.2, 0) is 4.79 Å². The average Bonchev–Trinajstić information content (AvgIpc) is 2.61. The number of alkyl halides is 3. The molecule has 1 amide bonds. The average molecular weight is 230 g/mol. The molecule has 8 heteroatoms. The fourth-order valence-electron chi connectivity index (χ4n) is 1.14. The highest BCUT2D eigenvalue weighted by Gasteiger charge is 2.43. The number of amides is 1. The summed E-state index contributed by atoms with van der Waals surface area (Å²) < 4.78 is 36.8. The zero-order valence-electron chi connectivity index (χ0n) is 7.77. The van der Waals surface area contributed by atoms with Crippen LogP contribution < -0.4 is 5.01 Å². The summed E-state index contributed by atoms with van der Waals surface area (Å²) in [6.45, 7) is 0. The standard InChI is InChI=1S/C8H5F3N4O/c9-8(10,11)5-4-6(16)15(14-5)7-12-2-1-3-13-7/h1-3H,4H2. The normalized spacial score (nSPS) is 16.6. The summed E-state index contributed by atoms with van der Waals surface area (Å²) >= 11 is 0. The largest absolute Gasteiger partial charge is 0.431 e. The van der Waals surface area contributed by atoms with Gasteiger partial charge in [0.15, 0.2) is 5.71 Å². The van der Waals surface area contributed by atoms with E-state index in [-0.39, 0.29) is 5.95 Å². The zero-order valence-corrected chi connectivity index (χ0v) is 7.77. The highest BCUT2D eigenvalue weighted by molar-refractivity contribution is 6.14. The lowest BCUT2D eigenvalue weighted by molar-refractivity contribution is -0.117. The van der Waals surface area contributed by atoms with Crippen molar-refractivity contribution in [1.29, 1.82) is 0 Å². The summed E-state index contributed by atoms with van der Waals surface area (Å²) in [4.78, 5) is 18.6. The number of hydrogen-bond acceptors (Lipinski definition) is 4. The number of carbonyl (C=O) groups is 1. The van der Waals surface area contributed by atoms with Crippen molar-refractivity contribution >= 4 is 17.6 Å². The molecule has 0 spiro atoms. The quantitative estimate of drug-likeness (QED) is 0.726. The first-order valence-electron chi connectivity index (χ1n) is 4.23. The molecule has 16 heavy (non-hydrogen) atoms. The predicted octanol–water partition coefficient (Wildman–Crippen LogP) is 1.13. The van der Waals surface area contributed by atoms with Crippen molar-refractivity contribution in [1.82, 2.24) is 9.97 Å². The number of carbonyl (C=O) groups excluding carboxylic acids is 1. The molecule has 1 aliphatic rings. The van der Waals surface area contributed by atoms with Crippen LogP contribution in [0.2, 0.25) is 0 Å². The molecule has 5 nitrogen and oxygen atoms in total. The van der Waals surface area contributed by atoms with Crippen molar-refractivity contribution in [2.75, 3.05) is 5.01 Å². The van der Waals surface area contributed by atoms with Crippen molar-refractivity contribution in [2.45, 2.75) is 12.6 Å². The van der Waals surface area contributed by atoms with Crippen molar-refractivity contribution in [3.8, 4) is 0 Å². The molecule has 0 unspecified atom stereocenters. The number of rotatable bonds is 1. The summed E-state index contributed by atoms with van der Waals surface area (Å²) in [5.41, 5.74) is -1.13. The monoisotopic (exact) mass is 230 g/mol. The Labute approximate surface area is 87.6 Å². The van der Waals surface area contributed by atoms with Gasteiger partial charge in [-0.1, -0.05) is 0 Å². The van der Waals surface area contributed by atoms with Crippen molar-refractivity contribution < 1.29 is 18.0 Å². The molecule has 84 valence electrons. The molecule has 0 saturated carbocycles. The third-order valence-corrected chi connectivity index (χ3v) is 1.84. The second kappa shape index (κ2) is 3.54. The molecule has 0 aromatic carbocycles. The van der Waals surface area contributed by atoms with E-state index in [1.165, 1.54) is 18.5 Å². The van der Waals surface area contributed by atoms with Crippen LogP contribution in [0.5, 0.6) is 0 Å². The van der Waals surface area contributed by atoms with Gasteiger partial charge in [-0.2, -0.15) is 23.3 Å². The molecule has 0 saturated heterocycles. The lowest BCUT2D eigenvalue weighted by Gasteiger charge is -2.07. The summed E-state index contributed by atoms with van der Waals surface area (Å²) in [7, 11) is 0. The van der Waals surface area contributed by atoms with E-state index in [2.05, 4.69) is 15.1 Å². The van der Waals surface area contributed by atoms with Crippen molar-refractivity contribution in [3.63, 3.8) is 0 Å². The Morgan fingerprint density at radius 3 is 2.38 bits per heavy atom. The first-order valence-corrected chi connectivity index (χ1v) is 4.23. The molecule has 0 N–H and O–H groups in total. The summed E-state index contributed by atoms with van der Waals surface area (Å²) in [6, 6.07) is 1.48. The fourth-order valence-corrected chi connectivity index (χ4v) is 1.14. The molecule has 0 aliphatic carbocycles. The molecule has 1 aromatic rings. The molecule has 0 radical (unpaired) electrons. The van der Waals surface area contributed by atoms with Gasteiger partial charge in [-0.15, -0.1) is 0 Å². The smallest absolute Gasteiger partial charge is 0.272 e. The topological polar surface area (TPSA) is 58.5 Å². The van der Waals surface area contributed by atoms with Gasteiger partial charge in [-0.25, -0.2) is 9.97 Å². The Kier molecular flexibility index (Phi) is 2.33. The minimum Gasteiger partial charge on any atom is -0.272 e. The third kappa shape index (κ3) is 1.86. The lowest BCUT2D eigenvalue weighted by atomic mass is 10.3. The van der Waals surface area contributed by atoms with Gasteiger partial charge >= 0.3 is 6.18 Å². The van der Waals surface area contributed by atoms with Crippen LogP contribution in [0.25, 0.3) is 0 Å². The van der Waals surface area contributed by atoms with E-state index in [0.717, 1.165) is 0 Å². The van der Waals surface area contributed by atoms with Crippen molar-refractivity contribution in [3.05, 3.63) is 18.5 Å². The Morgan fingerprint density at radius 1 is 1.25 bits per heavy atom. The molecular weight excluding hydrogens is 225 g/mol. The van der Waals surface area contributed by atoms with Gasteiger partial charge in [0.1, 0.15) is 0 Å². The van der Waals surface area contributed by atoms with Gasteiger partial charge in [0.05, 0.1) is 6.42 Å². The van der Waals surface area contributed by atoms with Gasteiger partial charge in [0.25, 0.3) is 11.9 Å². The number of halogens is 3. The summed E-state index contributed by atoms with van der Waals surface area (Å²) in [6.07, 6.45) is -2.74. The minimum atomic E-state index is -4.60.